The fourth-order valence-corrected chi connectivity index (χ4v) is 2.20. The van der Waals surface area contributed by atoms with Crippen LogP contribution in [0.2, 0.25) is 0 Å². The molecule has 0 amide bonds. The van der Waals surface area contributed by atoms with E-state index in [4.69, 9.17) is 5.73 Å². The van der Waals surface area contributed by atoms with Crippen molar-refractivity contribution < 1.29 is 13.2 Å². The summed E-state index contributed by atoms with van der Waals surface area (Å²) in [5.41, 5.74) is 6.91. The van der Waals surface area contributed by atoms with Crippen molar-refractivity contribution in [1.82, 2.24) is 4.98 Å². The molecule has 1 atom stereocenters. The van der Waals surface area contributed by atoms with Crippen molar-refractivity contribution in [3.8, 4) is 0 Å². The Morgan fingerprint density at radius 2 is 2.17 bits per heavy atom. The maximum Gasteiger partial charge on any atom is 0.393 e. The molecule has 6 heteroatoms. The molecule has 2 N–H and O–H groups in total. The predicted molar refractivity (Wildman–Crippen MR) is 63.1 cm³/mol. The number of aromatic nitrogens is 1. The molecule has 0 aromatic carbocycles. The van der Waals surface area contributed by atoms with E-state index in [1.54, 1.807) is 23.2 Å². The number of halogens is 3. The van der Waals surface area contributed by atoms with Crippen LogP contribution in [0.3, 0.4) is 0 Å². The Bertz CT molecular complexity index is 389. The van der Waals surface area contributed by atoms with Gasteiger partial charge >= 0.3 is 6.18 Å². The zero-order chi connectivity index (χ0) is 13.2. The third-order valence-electron chi connectivity index (χ3n) is 3.27. The van der Waals surface area contributed by atoms with Crippen molar-refractivity contribution >= 4 is 5.69 Å². The fourth-order valence-electron chi connectivity index (χ4n) is 2.20. The molecule has 1 unspecified atom stereocenters. The topological polar surface area (TPSA) is 42.1 Å². The van der Waals surface area contributed by atoms with E-state index >= 15 is 0 Å². The van der Waals surface area contributed by atoms with Gasteiger partial charge in [-0.1, -0.05) is 0 Å². The lowest BCUT2D eigenvalue weighted by Crippen LogP contribution is -2.41. The van der Waals surface area contributed by atoms with Crippen LogP contribution in [-0.2, 0) is 6.54 Å². The predicted octanol–water partition coefficient (Wildman–Crippen LogP) is 2.32. The van der Waals surface area contributed by atoms with E-state index in [0.717, 1.165) is 11.4 Å². The fraction of sp³-hybridized carbons (Fsp3) is 0.583. The number of anilines is 1. The molecular weight excluding hydrogens is 243 g/mol. The highest BCUT2D eigenvalue weighted by Crippen LogP contribution is 2.34. The van der Waals surface area contributed by atoms with Crippen LogP contribution in [0.15, 0.2) is 18.3 Å². The summed E-state index contributed by atoms with van der Waals surface area (Å²) in [5, 5.41) is 0. The van der Waals surface area contributed by atoms with E-state index in [0.29, 0.717) is 19.5 Å². The number of pyridine rings is 1. The summed E-state index contributed by atoms with van der Waals surface area (Å²) < 4.78 is 38.1. The number of hydrogen-bond acceptors (Lipinski definition) is 3. The first-order chi connectivity index (χ1) is 8.50. The second-order valence-electron chi connectivity index (χ2n) is 4.54. The minimum absolute atomic E-state index is 0.0210. The van der Waals surface area contributed by atoms with Gasteiger partial charge in [0.15, 0.2) is 0 Å². The maximum atomic E-state index is 12.7. The monoisotopic (exact) mass is 259 g/mol. The van der Waals surface area contributed by atoms with Crippen LogP contribution in [0.4, 0.5) is 18.9 Å². The van der Waals surface area contributed by atoms with Gasteiger partial charge in [0.25, 0.3) is 0 Å². The molecule has 1 saturated heterocycles. The largest absolute Gasteiger partial charge is 0.393 e. The van der Waals surface area contributed by atoms with Gasteiger partial charge in [-0.3, -0.25) is 4.98 Å². The molecule has 0 saturated carbocycles. The van der Waals surface area contributed by atoms with Gasteiger partial charge in [-0.05, 0) is 25.0 Å². The van der Waals surface area contributed by atoms with Crippen molar-refractivity contribution in [2.24, 2.45) is 11.7 Å². The molecule has 0 spiro atoms. The highest BCUT2D eigenvalue weighted by molar-refractivity contribution is 5.45. The Labute approximate surface area is 104 Å². The Kier molecular flexibility index (Phi) is 3.75. The SMILES string of the molecule is NCc1ccc(N2CCCC(C(F)(F)F)C2)cn1. The number of piperidine rings is 1. The van der Waals surface area contributed by atoms with Gasteiger partial charge < -0.3 is 10.6 Å². The first-order valence-electron chi connectivity index (χ1n) is 5.97. The molecule has 1 aromatic rings. The van der Waals surface area contributed by atoms with Gasteiger partial charge in [0.05, 0.1) is 23.5 Å². The minimum Gasteiger partial charge on any atom is -0.370 e. The molecule has 100 valence electrons. The summed E-state index contributed by atoms with van der Waals surface area (Å²) in [6.45, 7) is 1.01. The van der Waals surface area contributed by atoms with Gasteiger partial charge in [0, 0.05) is 19.6 Å². The minimum atomic E-state index is -4.11. The molecule has 1 aromatic heterocycles. The molecule has 1 fully saturated rings. The first-order valence-corrected chi connectivity index (χ1v) is 5.97. The first kappa shape index (κ1) is 13.1. The third-order valence-corrected chi connectivity index (χ3v) is 3.27. The van der Waals surface area contributed by atoms with E-state index in [1.165, 1.54) is 0 Å². The van der Waals surface area contributed by atoms with E-state index in [9.17, 15) is 13.2 Å². The highest BCUT2D eigenvalue weighted by atomic mass is 19.4. The second-order valence-corrected chi connectivity index (χ2v) is 4.54. The van der Waals surface area contributed by atoms with Gasteiger partial charge in [-0.15, -0.1) is 0 Å². The molecule has 3 nitrogen and oxygen atoms in total. The number of alkyl halides is 3. The van der Waals surface area contributed by atoms with Gasteiger partial charge in [-0.2, -0.15) is 13.2 Å². The molecule has 0 aliphatic carbocycles. The van der Waals surface area contributed by atoms with Crippen LogP contribution < -0.4 is 10.6 Å². The highest BCUT2D eigenvalue weighted by Gasteiger charge is 2.41. The van der Waals surface area contributed by atoms with Crippen molar-refractivity contribution in [3.63, 3.8) is 0 Å². The maximum absolute atomic E-state index is 12.7. The van der Waals surface area contributed by atoms with Crippen LogP contribution in [0, 0.1) is 5.92 Å². The van der Waals surface area contributed by atoms with E-state index < -0.39 is 12.1 Å². The normalized spacial score (nSPS) is 21.1. The van der Waals surface area contributed by atoms with Crippen LogP contribution in [-0.4, -0.2) is 24.2 Å². The Morgan fingerprint density at radius 3 is 2.72 bits per heavy atom. The van der Waals surface area contributed by atoms with E-state index in [-0.39, 0.29) is 13.0 Å². The van der Waals surface area contributed by atoms with Crippen LogP contribution in [0.5, 0.6) is 0 Å². The third kappa shape index (κ3) is 2.93. The number of hydrogen-bond donors (Lipinski definition) is 1. The average Bonchev–Trinajstić information content (AvgIpc) is 2.38. The number of nitrogens with zero attached hydrogens (tertiary/aromatic N) is 2. The zero-order valence-corrected chi connectivity index (χ0v) is 9.95. The summed E-state index contributed by atoms with van der Waals surface area (Å²) in [7, 11) is 0. The molecule has 1 aliphatic heterocycles. The summed E-state index contributed by atoms with van der Waals surface area (Å²) in [5.74, 6) is -1.24. The summed E-state index contributed by atoms with van der Waals surface area (Å²) in [6.07, 6.45) is -1.73. The summed E-state index contributed by atoms with van der Waals surface area (Å²) in [4.78, 5) is 5.86. The van der Waals surface area contributed by atoms with Gasteiger partial charge in [0.2, 0.25) is 0 Å². The van der Waals surface area contributed by atoms with E-state index in [1.807, 2.05) is 0 Å². The lowest BCUT2D eigenvalue weighted by Gasteiger charge is -2.35. The lowest BCUT2D eigenvalue weighted by atomic mass is 9.97. The molecule has 1 aliphatic rings. The Hall–Kier alpha value is -1.30. The molecule has 18 heavy (non-hydrogen) atoms. The molecule has 2 heterocycles. The zero-order valence-electron chi connectivity index (χ0n) is 9.95. The molecule has 0 bridgehead atoms. The summed E-state index contributed by atoms with van der Waals surface area (Å²) >= 11 is 0. The summed E-state index contributed by atoms with van der Waals surface area (Å²) in [6, 6.07) is 3.54. The van der Waals surface area contributed by atoms with Gasteiger partial charge in [-0.25, -0.2) is 0 Å². The molecule has 2 rings (SSSR count). The standard InChI is InChI=1S/C12H16F3N3/c13-12(14,15)9-2-1-5-18(8-9)11-4-3-10(6-16)17-7-11/h3-4,7,9H,1-2,5-6,8,16H2. The van der Waals surface area contributed by atoms with Crippen LogP contribution in [0.1, 0.15) is 18.5 Å². The second kappa shape index (κ2) is 5.14. The number of rotatable bonds is 2. The van der Waals surface area contributed by atoms with Gasteiger partial charge in [0.1, 0.15) is 0 Å². The van der Waals surface area contributed by atoms with Crippen molar-refractivity contribution in [2.45, 2.75) is 25.6 Å². The average molecular weight is 259 g/mol. The quantitative estimate of drug-likeness (QED) is 0.886. The van der Waals surface area contributed by atoms with Crippen LogP contribution in [0.25, 0.3) is 0 Å². The number of nitrogens with two attached hydrogens (primary N) is 1. The molecule has 0 radical (unpaired) electrons. The lowest BCUT2D eigenvalue weighted by molar-refractivity contribution is -0.175. The van der Waals surface area contributed by atoms with Crippen molar-refractivity contribution in [2.75, 3.05) is 18.0 Å². The Morgan fingerprint density at radius 1 is 1.39 bits per heavy atom. The van der Waals surface area contributed by atoms with Crippen LogP contribution >= 0.6 is 0 Å². The van der Waals surface area contributed by atoms with Crippen molar-refractivity contribution in [1.29, 1.82) is 0 Å². The smallest absolute Gasteiger partial charge is 0.370 e. The van der Waals surface area contributed by atoms with E-state index in [2.05, 4.69) is 4.98 Å². The van der Waals surface area contributed by atoms with Crippen molar-refractivity contribution in [3.05, 3.63) is 24.0 Å². The Balaban J connectivity index is 2.08. The molecular formula is C12H16F3N3.